The number of ether oxygens (including phenoxy) is 1. The highest BCUT2D eigenvalue weighted by molar-refractivity contribution is 7.80. The maximum Gasteiger partial charge on any atom is 0.268 e. The quantitative estimate of drug-likeness (QED) is 0.613. The van der Waals surface area contributed by atoms with Gasteiger partial charge in [-0.1, -0.05) is 29.8 Å². The monoisotopic (exact) mass is 378 g/mol. The number of rotatable bonds is 5. The Hall–Kier alpha value is -2.09. The van der Waals surface area contributed by atoms with Gasteiger partial charge >= 0.3 is 0 Å². The lowest BCUT2D eigenvalue weighted by Gasteiger charge is -2.27. The Morgan fingerprint density at radius 1 is 1.23 bits per heavy atom. The third kappa shape index (κ3) is 3.70. The van der Waals surface area contributed by atoms with Gasteiger partial charge in [-0.05, 0) is 55.4 Å². The normalized spacial score (nSPS) is 23.8. The van der Waals surface area contributed by atoms with Crippen molar-refractivity contribution in [1.82, 2.24) is 0 Å². The van der Waals surface area contributed by atoms with E-state index in [0.29, 0.717) is 5.69 Å². The fourth-order valence-electron chi connectivity index (χ4n) is 2.90. The van der Waals surface area contributed by atoms with Gasteiger partial charge in [-0.15, -0.1) is 0 Å². The zero-order chi connectivity index (χ0) is 18.9. The molecule has 26 heavy (non-hydrogen) atoms. The number of aryl methyl sites for hydroxylation is 1. The molecule has 1 aliphatic rings. The van der Waals surface area contributed by atoms with Gasteiger partial charge in [0, 0.05) is 12.1 Å². The molecule has 3 unspecified atom stereocenters. The molecule has 1 saturated heterocycles. The topological polar surface area (TPSA) is 58.7 Å². The number of benzene rings is 2. The fraction of sp³-hybridized carbons (Fsp3) is 0.316. The molecule has 0 aliphatic carbocycles. The first-order chi connectivity index (χ1) is 12.3. The largest absolute Gasteiger partial charge is 0.444 e. The average molecular weight is 378 g/mol. The van der Waals surface area contributed by atoms with E-state index in [2.05, 4.69) is 0 Å². The van der Waals surface area contributed by atoms with Crippen molar-refractivity contribution in [3.05, 3.63) is 65.5 Å². The third-order valence-corrected chi connectivity index (χ3v) is 4.76. The van der Waals surface area contributed by atoms with Crippen LogP contribution in [0.1, 0.15) is 30.1 Å². The molecule has 0 amide bonds. The van der Waals surface area contributed by atoms with E-state index in [0.717, 1.165) is 16.0 Å². The zero-order valence-electron chi connectivity index (χ0n) is 14.2. The first kappa shape index (κ1) is 18.7. The van der Waals surface area contributed by atoms with Crippen LogP contribution in [-0.4, -0.2) is 22.3 Å². The maximum absolute atomic E-state index is 15.0. The van der Waals surface area contributed by atoms with Gasteiger partial charge in [0.2, 0.25) is 12.0 Å². The number of nitrogens with two attached hydrogens (primary N) is 1. The van der Waals surface area contributed by atoms with Gasteiger partial charge < -0.3 is 9.84 Å². The molecule has 1 aliphatic heterocycles. The molecule has 2 aromatic rings. The number of anilines is 1. The summed E-state index contributed by atoms with van der Waals surface area (Å²) < 4.78 is 33.5. The van der Waals surface area contributed by atoms with Gasteiger partial charge in [-0.25, -0.2) is 8.78 Å². The summed E-state index contributed by atoms with van der Waals surface area (Å²) >= 11 is 5.10. The number of halogens is 2. The van der Waals surface area contributed by atoms with Crippen LogP contribution in [0.2, 0.25) is 0 Å². The first-order valence-corrected chi connectivity index (χ1v) is 8.66. The third-order valence-electron chi connectivity index (χ3n) is 4.48. The zero-order valence-corrected chi connectivity index (χ0v) is 15.0. The Morgan fingerprint density at radius 3 is 2.46 bits per heavy atom. The standard InChI is InChI=1S/C19H20F2N2O2S/c1-12-2-4-13(5-3-12)16(24)10-11-19(22)17(21)23(18(26)25-19)15-8-6-14(20)7-9-15/h2-9,16-17,24H,10-11,22H2,1H3. The highest BCUT2D eigenvalue weighted by Gasteiger charge is 2.51. The van der Waals surface area contributed by atoms with Crippen molar-refractivity contribution in [3.63, 3.8) is 0 Å². The molecular formula is C19H20F2N2O2S. The molecule has 4 nitrogen and oxygen atoms in total. The Kier molecular flexibility index (Phi) is 5.22. The Labute approximate surface area is 156 Å². The van der Waals surface area contributed by atoms with Gasteiger partial charge in [0.1, 0.15) is 5.82 Å². The molecule has 2 aromatic carbocycles. The van der Waals surface area contributed by atoms with E-state index in [1.54, 1.807) is 0 Å². The molecule has 138 valence electrons. The number of nitrogens with zero attached hydrogens (tertiary/aromatic N) is 1. The van der Waals surface area contributed by atoms with Gasteiger partial charge in [0.05, 0.1) is 6.10 Å². The number of aliphatic hydroxyl groups excluding tert-OH is 1. The summed E-state index contributed by atoms with van der Waals surface area (Å²) in [6, 6.07) is 12.7. The van der Waals surface area contributed by atoms with Crippen molar-refractivity contribution in [3.8, 4) is 0 Å². The van der Waals surface area contributed by atoms with Crippen LogP contribution in [0.25, 0.3) is 0 Å². The van der Waals surface area contributed by atoms with Gasteiger partial charge in [0.15, 0.2) is 0 Å². The van der Waals surface area contributed by atoms with Crippen molar-refractivity contribution in [1.29, 1.82) is 0 Å². The van der Waals surface area contributed by atoms with Crippen LogP contribution >= 0.6 is 12.2 Å². The first-order valence-electron chi connectivity index (χ1n) is 8.25. The highest BCUT2D eigenvalue weighted by atomic mass is 32.1. The van der Waals surface area contributed by atoms with E-state index < -0.39 is 23.9 Å². The molecule has 0 aromatic heterocycles. The van der Waals surface area contributed by atoms with Crippen LogP contribution in [0.3, 0.4) is 0 Å². The Morgan fingerprint density at radius 2 is 1.85 bits per heavy atom. The number of aliphatic hydroxyl groups is 1. The van der Waals surface area contributed by atoms with Crippen LogP contribution < -0.4 is 10.6 Å². The summed E-state index contributed by atoms with van der Waals surface area (Å²) in [6.07, 6.45) is -2.27. The van der Waals surface area contributed by atoms with Gasteiger partial charge in [0.25, 0.3) is 5.17 Å². The van der Waals surface area contributed by atoms with Crippen LogP contribution in [0.15, 0.2) is 48.5 Å². The van der Waals surface area contributed by atoms with Crippen LogP contribution in [0.4, 0.5) is 14.5 Å². The van der Waals surface area contributed by atoms with Crippen molar-refractivity contribution >= 4 is 23.1 Å². The summed E-state index contributed by atoms with van der Waals surface area (Å²) in [5.74, 6) is -0.435. The molecular weight excluding hydrogens is 358 g/mol. The van der Waals surface area contributed by atoms with E-state index in [4.69, 9.17) is 22.7 Å². The Bertz CT molecular complexity index is 785. The van der Waals surface area contributed by atoms with Crippen LogP contribution in [-0.2, 0) is 4.74 Å². The number of alkyl halides is 1. The lowest BCUT2D eigenvalue weighted by atomic mass is 9.98. The van der Waals surface area contributed by atoms with E-state index in [9.17, 15) is 13.9 Å². The predicted molar refractivity (Wildman–Crippen MR) is 99.7 cm³/mol. The summed E-state index contributed by atoms with van der Waals surface area (Å²) in [6.45, 7) is 1.95. The summed E-state index contributed by atoms with van der Waals surface area (Å²) in [7, 11) is 0. The minimum atomic E-state index is -1.74. The number of hydrogen-bond donors (Lipinski definition) is 2. The van der Waals surface area contributed by atoms with Crippen molar-refractivity contribution in [2.45, 2.75) is 37.9 Å². The summed E-state index contributed by atoms with van der Waals surface area (Å²) in [5, 5.41) is 10.2. The molecule has 7 heteroatoms. The summed E-state index contributed by atoms with van der Waals surface area (Å²) in [5.41, 5.74) is 6.57. The fourth-order valence-corrected chi connectivity index (χ4v) is 3.25. The average Bonchev–Trinajstić information content (AvgIpc) is 2.84. The van der Waals surface area contributed by atoms with Gasteiger partial charge in [-0.3, -0.25) is 10.6 Å². The van der Waals surface area contributed by atoms with Crippen molar-refractivity contribution in [2.75, 3.05) is 4.90 Å². The van der Waals surface area contributed by atoms with E-state index in [1.165, 1.54) is 24.3 Å². The smallest absolute Gasteiger partial charge is 0.268 e. The molecule has 3 atom stereocenters. The highest BCUT2D eigenvalue weighted by Crippen LogP contribution is 2.36. The van der Waals surface area contributed by atoms with Crippen molar-refractivity contribution in [2.24, 2.45) is 5.73 Å². The molecule has 0 bridgehead atoms. The molecule has 1 heterocycles. The summed E-state index contributed by atoms with van der Waals surface area (Å²) in [4.78, 5) is 1.12. The van der Waals surface area contributed by atoms with Crippen LogP contribution in [0, 0.1) is 12.7 Å². The molecule has 3 N–H and O–H groups in total. The number of thiocarbonyl (C=S) groups is 1. The molecule has 3 rings (SSSR count). The van der Waals surface area contributed by atoms with Crippen molar-refractivity contribution < 1.29 is 18.6 Å². The minimum absolute atomic E-state index is 0.0566. The second kappa shape index (κ2) is 7.26. The lowest BCUT2D eigenvalue weighted by Crippen LogP contribution is -2.50. The second-order valence-corrected chi connectivity index (χ2v) is 6.82. The van der Waals surface area contributed by atoms with E-state index >= 15 is 0 Å². The second-order valence-electron chi connectivity index (χ2n) is 6.47. The van der Waals surface area contributed by atoms with Crippen LogP contribution in [0.5, 0.6) is 0 Å². The van der Waals surface area contributed by atoms with E-state index in [1.807, 2.05) is 31.2 Å². The SMILES string of the molecule is Cc1ccc(C(O)CCC2(N)OC(=S)N(c3ccc(F)cc3)C2F)cc1. The minimum Gasteiger partial charge on any atom is -0.444 e. The maximum atomic E-state index is 15.0. The molecule has 1 fully saturated rings. The number of hydrogen-bond acceptors (Lipinski definition) is 4. The Balaban J connectivity index is 1.70. The van der Waals surface area contributed by atoms with E-state index in [-0.39, 0.29) is 18.0 Å². The lowest BCUT2D eigenvalue weighted by molar-refractivity contribution is 0.00416. The predicted octanol–water partition coefficient (Wildman–Crippen LogP) is 3.72. The molecule has 0 spiro atoms. The van der Waals surface area contributed by atoms with Gasteiger partial charge in [-0.2, -0.15) is 0 Å². The molecule has 0 saturated carbocycles. The molecule has 0 radical (unpaired) electrons.